The minimum atomic E-state index is -0.440. The van der Waals surface area contributed by atoms with Crippen LogP contribution >= 0.6 is 0 Å². The van der Waals surface area contributed by atoms with Crippen molar-refractivity contribution in [2.24, 2.45) is 5.92 Å². The Morgan fingerprint density at radius 2 is 1.34 bits per heavy atom. The van der Waals surface area contributed by atoms with E-state index in [0.717, 1.165) is 6.42 Å². The van der Waals surface area contributed by atoms with Crippen LogP contribution in [0.1, 0.15) is 30.9 Å². The van der Waals surface area contributed by atoms with E-state index < -0.39 is 9.85 Å². The number of carbonyl (C=O) groups excluding carboxylic acids is 1. The Hall–Kier alpha value is -4.13. The van der Waals surface area contributed by atoms with Crippen molar-refractivity contribution in [3.63, 3.8) is 0 Å². The summed E-state index contributed by atoms with van der Waals surface area (Å²) in [6.07, 6.45) is 11.4. The van der Waals surface area contributed by atoms with Gasteiger partial charge in [0.15, 0.2) is 5.78 Å². The zero-order chi connectivity index (χ0) is 23.1. The first kappa shape index (κ1) is 22.6. The molecule has 0 N–H and O–H groups in total. The Balaban J connectivity index is 1.81. The van der Waals surface area contributed by atoms with Crippen molar-refractivity contribution >= 4 is 29.3 Å². The summed E-state index contributed by atoms with van der Waals surface area (Å²) in [6.45, 7) is 1.97. The van der Waals surface area contributed by atoms with Crippen LogP contribution in [0.4, 0.5) is 11.4 Å². The lowest BCUT2D eigenvalue weighted by molar-refractivity contribution is -0.385. The van der Waals surface area contributed by atoms with Crippen molar-refractivity contribution in [3.05, 3.63) is 115 Å². The second-order valence-corrected chi connectivity index (χ2v) is 7.43. The van der Waals surface area contributed by atoms with E-state index in [2.05, 4.69) is 0 Å². The van der Waals surface area contributed by atoms with Crippen molar-refractivity contribution in [3.8, 4) is 0 Å². The van der Waals surface area contributed by atoms with Gasteiger partial charge in [-0.1, -0.05) is 55.5 Å². The fraction of sp³-hybridized carbons (Fsp3) is 0.160. The number of Topliss-reactive ketones (excluding diaryl/α,β-unsaturated/α-hetero) is 1. The molecule has 1 unspecified atom stereocenters. The largest absolute Gasteiger partial charge is 0.289 e. The van der Waals surface area contributed by atoms with Crippen LogP contribution in [-0.4, -0.2) is 15.6 Å². The first-order valence-corrected chi connectivity index (χ1v) is 10.2. The van der Waals surface area contributed by atoms with Gasteiger partial charge < -0.3 is 0 Å². The van der Waals surface area contributed by atoms with E-state index in [9.17, 15) is 25.0 Å². The van der Waals surface area contributed by atoms with Crippen LogP contribution in [-0.2, 0) is 4.79 Å². The molecule has 0 saturated heterocycles. The monoisotopic (exact) mass is 430 g/mol. The third-order valence-electron chi connectivity index (χ3n) is 5.32. The van der Waals surface area contributed by atoms with Crippen molar-refractivity contribution in [2.45, 2.75) is 19.8 Å². The molecule has 1 aliphatic rings. The van der Waals surface area contributed by atoms with Gasteiger partial charge in [0, 0.05) is 17.7 Å². The normalized spacial score (nSPS) is 19.3. The number of carbonyl (C=O) groups is 1. The second-order valence-electron chi connectivity index (χ2n) is 7.43. The number of allylic oxidation sites excluding steroid dienone is 6. The summed E-state index contributed by atoms with van der Waals surface area (Å²) < 4.78 is 0. The zero-order valence-electron chi connectivity index (χ0n) is 17.5. The fourth-order valence-electron chi connectivity index (χ4n) is 3.56. The van der Waals surface area contributed by atoms with E-state index in [4.69, 9.17) is 0 Å². The minimum absolute atomic E-state index is 0.00546. The van der Waals surface area contributed by atoms with Crippen LogP contribution in [0.5, 0.6) is 0 Å². The van der Waals surface area contributed by atoms with Crippen LogP contribution < -0.4 is 0 Å². The molecule has 3 rings (SSSR count). The van der Waals surface area contributed by atoms with Crippen molar-refractivity contribution in [1.29, 1.82) is 0 Å². The lowest BCUT2D eigenvalue weighted by atomic mass is 9.81. The summed E-state index contributed by atoms with van der Waals surface area (Å²) in [7, 11) is 0. The van der Waals surface area contributed by atoms with Gasteiger partial charge in [0.1, 0.15) is 0 Å². The van der Waals surface area contributed by atoms with Crippen LogP contribution in [0.25, 0.3) is 12.2 Å². The number of ketones is 1. The molecular weight excluding hydrogens is 408 g/mol. The summed E-state index contributed by atoms with van der Waals surface area (Å²) in [5.41, 5.74) is 2.21. The molecule has 7 heteroatoms. The first-order valence-electron chi connectivity index (χ1n) is 10.2. The highest BCUT2D eigenvalue weighted by Gasteiger charge is 2.25. The summed E-state index contributed by atoms with van der Waals surface area (Å²) >= 11 is 0. The number of nitrogens with zero attached hydrogens (tertiary/aromatic N) is 2. The van der Waals surface area contributed by atoms with Crippen molar-refractivity contribution < 1.29 is 14.6 Å². The lowest BCUT2D eigenvalue weighted by Crippen LogP contribution is -2.19. The number of hydrogen-bond acceptors (Lipinski definition) is 5. The van der Waals surface area contributed by atoms with Crippen LogP contribution in [0.15, 0.2) is 84.0 Å². The molecule has 0 aliphatic heterocycles. The molecule has 0 aromatic heterocycles. The lowest BCUT2D eigenvalue weighted by Gasteiger charge is -2.22. The van der Waals surface area contributed by atoms with E-state index in [1.807, 2.05) is 6.92 Å². The smallest absolute Gasteiger partial charge is 0.276 e. The molecule has 32 heavy (non-hydrogen) atoms. The zero-order valence-corrected chi connectivity index (χ0v) is 17.5. The Morgan fingerprint density at radius 3 is 1.88 bits per heavy atom. The van der Waals surface area contributed by atoms with Gasteiger partial charge in [0.2, 0.25) is 0 Å². The molecule has 2 aromatic carbocycles. The fourth-order valence-corrected chi connectivity index (χ4v) is 3.56. The van der Waals surface area contributed by atoms with Gasteiger partial charge in [0.05, 0.1) is 21.0 Å². The van der Waals surface area contributed by atoms with Crippen LogP contribution in [0, 0.1) is 26.1 Å². The Labute approximate surface area is 185 Å². The number of hydrogen-bond donors (Lipinski definition) is 0. The first-order chi connectivity index (χ1) is 15.4. The van der Waals surface area contributed by atoms with Crippen LogP contribution in [0.3, 0.4) is 0 Å². The maximum absolute atomic E-state index is 13.0. The Morgan fingerprint density at radius 1 is 0.844 bits per heavy atom. The molecule has 1 saturated carbocycles. The molecule has 7 nitrogen and oxygen atoms in total. The van der Waals surface area contributed by atoms with Gasteiger partial charge in [-0.25, -0.2) is 0 Å². The molecule has 0 bridgehead atoms. The molecule has 1 atom stereocenters. The number of nitro benzene ring substituents is 2. The highest BCUT2D eigenvalue weighted by molar-refractivity contribution is 6.09. The second kappa shape index (κ2) is 10.3. The van der Waals surface area contributed by atoms with E-state index in [1.54, 1.807) is 72.9 Å². The van der Waals surface area contributed by atoms with Crippen LogP contribution in [0.2, 0.25) is 0 Å². The van der Waals surface area contributed by atoms with Gasteiger partial charge in [-0.15, -0.1) is 0 Å². The maximum atomic E-state index is 13.0. The van der Waals surface area contributed by atoms with Gasteiger partial charge in [-0.2, -0.15) is 0 Å². The van der Waals surface area contributed by atoms with Crippen molar-refractivity contribution in [1.82, 2.24) is 0 Å². The highest BCUT2D eigenvalue weighted by atomic mass is 16.6. The summed E-state index contributed by atoms with van der Waals surface area (Å²) in [4.78, 5) is 34.3. The molecule has 2 aromatic rings. The highest BCUT2D eigenvalue weighted by Crippen LogP contribution is 2.30. The molecule has 0 spiro atoms. The van der Waals surface area contributed by atoms with Crippen molar-refractivity contribution in [2.75, 3.05) is 0 Å². The standard InChI is InChI=1S/C25H22N2O5/c1-18-16-17-21(12-6-10-19-8-2-4-14-23(19)26(29)30)25(28)22(18)13-7-11-20-9-3-5-15-24(20)27(31)32/h2-15,18H,16-17H2,1H3. The molecule has 0 amide bonds. The number of para-hydroxylation sites is 2. The number of rotatable bonds is 6. The van der Waals surface area contributed by atoms with E-state index in [-0.39, 0.29) is 23.1 Å². The molecule has 1 aliphatic carbocycles. The summed E-state index contributed by atoms with van der Waals surface area (Å²) in [6, 6.07) is 12.8. The predicted octanol–water partition coefficient (Wildman–Crippen LogP) is 6.08. The maximum Gasteiger partial charge on any atom is 0.276 e. The van der Waals surface area contributed by atoms with E-state index in [0.29, 0.717) is 28.7 Å². The predicted molar refractivity (Wildman–Crippen MR) is 124 cm³/mol. The van der Waals surface area contributed by atoms with Gasteiger partial charge in [0.25, 0.3) is 11.4 Å². The molecule has 0 heterocycles. The third-order valence-corrected chi connectivity index (χ3v) is 5.32. The number of benzene rings is 2. The average molecular weight is 430 g/mol. The van der Waals surface area contributed by atoms with E-state index in [1.165, 1.54) is 12.1 Å². The van der Waals surface area contributed by atoms with Gasteiger partial charge >= 0.3 is 0 Å². The Bertz CT molecular complexity index is 1170. The summed E-state index contributed by atoms with van der Waals surface area (Å²) in [5, 5.41) is 22.3. The third kappa shape index (κ3) is 5.31. The Kier molecular flexibility index (Phi) is 7.23. The van der Waals surface area contributed by atoms with Gasteiger partial charge in [-0.3, -0.25) is 25.0 Å². The minimum Gasteiger partial charge on any atom is -0.289 e. The van der Waals surface area contributed by atoms with Gasteiger partial charge in [-0.05, 0) is 48.6 Å². The molecule has 0 radical (unpaired) electrons. The molecule has 162 valence electrons. The molecular formula is C25H22N2O5. The summed E-state index contributed by atoms with van der Waals surface area (Å²) in [5.74, 6) is -0.0163. The quantitative estimate of drug-likeness (QED) is 0.314. The average Bonchev–Trinajstić information content (AvgIpc) is 2.78. The SMILES string of the molecule is CC1CCC(=CC=Cc2ccccc2[N+](=O)[O-])C(=O)C1=CC=Cc1ccccc1[N+](=O)[O-]. The molecule has 1 fully saturated rings. The topological polar surface area (TPSA) is 103 Å². The number of nitro groups is 2. The van der Waals surface area contributed by atoms with E-state index >= 15 is 0 Å².